The van der Waals surface area contributed by atoms with Gasteiger partial charge in [0, 0.05) is 20.3 Å². The molecule has 5 heteroatoms. The summed E-state index contributed by atoms with van der Waals surface area (Å²) in [6, 6.07) is 4.03. The van der Waals surface area contributed by atoms with Crippen LogP contribution in [0.15, 0.2) is 12.1 Å². The number of unbranched alkanes of at least 4 members (excludes halogenated alkanes) is 1. The van der Waals surface area contributed by atoms with E-state index in [9.17, 15) is 0 Å². The quantitative estimate of drug-likeness (QED) is 0.622. The molecule has 18 heavy (non-hydrogen) atoms. The third-order valence-corrected chi connectivity index (χ3v) is 3.69. The van der Waals surface area contributed by atoms with Crippen molar-refractivity contribution in [2.75, 3.05) is 31.3 Å². The highest BCUT2D eigenvalue weighted by Crippen LogP contribution is 2.29. The number of benzene rings is 1. The molecule has 0 aliphatic heterocycles. The predicted molar refractivity (Wildman–Crippen MR) is 78.4 cm³/mol. The number of aryl methyl sites for hydroxylation is 1. The van der Waals surface area contributed by atoms with Gasteiger partial charge in [0.2, 0.25) is 0 Å². The van der Waals surface area contributed by atoms with Crippen molar-refractivity contribution >= 4 is 32.9 Å². The Balaban J connectivity index is 2.01. The molecule has 0 aliphatic rings. The van der Waals surface area contributed by atoms with Crippen molar-refractivity contribution < 1.29 is 4.74 Å². The second kappa shape index (κ2) is 6.02. The zero-order valence-electron chi connectivity index (χ0n) is 10.8. The number of hydrogen-bond acceptors (Lipinski definition) is 5. The van der Waals surface area contributed by atoms with E-state index in [4.69, 9.17) is 10.5 Å². The Morgan fingerprint density at radius 2 is 2.22 bits per heavy atom. The Morgan fingerprint density at radius 3 is 3.00 bits per heavy atom. The smallest absolute Gasteiger partial charge is 0.0907 e. The summed E-state index contributed by atoms with van der Waals surface area (Å²) < 4.78 is 6.17. The maximum absolute atomic E-state index is 6.03. The lowest BCUT2D eigenvalue weighted by Crippen LogP contribution is -2.05. The third-order valence-electron chi connectivity index (χ3n) is 2.76. The van der Waals surface area contributed by atoms with Crippen molar-refractivity contribution in [3.8, 4) is 0 Å². The Hall–Kier alpha value is -1.33. The van der Waals surface area contributed by atoms with Gasteiger partial charge in [0.15, 0.2) is 0 Å². The lowest BCUT2D eigenvalue weighted by Gasteiger charge is -2.09. The molecule has 0 fully saturated rings. The molecule has 1 aromatic carbocycles. The van der Waals surface area contributed by atoms with Gasteiger partial charge in [-0.25, -0.2) is 4.98 Å². The molecule has 0 atom stereocenters. The number of rotatable bonds is 6. The molecule has 2 aromatic rings. The molecule has 0 unspecified atom stereocenters. The van der Waals surface area contributed by atoms with Gasteiger partial charge in [-0.2, -0.15) is 0 Å². The first-order chi connectivity index (χ1) is 8.70. The number of nitrogens with zero attached hydrogens (tertiary/aromatic N) is 1. The Kier molecular flexibility index (Phi) is 4.38. The second-order valence-corrected chi connectivity index (χ2v) is 5.50. The van der Waals surface area contributed by atoms with Crippen LogP contribution >= 0.6 is 11.3 Å². The first kappa shape index (κ1) is 13.1. The highest BCUT2D eigenvalue weighted by atomic mass is 32.1. The van der Waals surface area contributed by atoms with Crippen molar-refractivity contribution in [1.82, 2.24) is 4.98 Å². The minimum Gasteiger partial charge on any atom is -0.397 e. The largest absolute Gasteiger partial charge is 0.397 e. The lowest BCUT2D eigenvalue weighted by molar-refractivity contribution is 0.194. The first-order valence-electron chi connectivity index (χ1n) is 6.10. The van der Waals surface area contributed by atoms with Crippen LogP contribution < -0.4 is 11.1 Å². The van der Waals surface area contributed by atoms with E-state index in [2.05, 4.69) is 10.3 Å². The van der Waals surface area contributed by atoms with Crippen LogP contribution in [0.25, 0.3) is 10.2 Å². The minimum absolute atomic E-state index is 0.790. The van der Waals surface area contributed by atoms with Crippen LogP contribution in [0.2, 0.25) is 0 Å². The van der Waals surface area contributed by atoms with Gasteiger partial charge in [-0.05, 0) is 31.9 Å². The average molecular weight is 265 g/mol. The van der Waals surface area contributed by atoms with Gasteiger partial charge in [0.05, 0.1) is 26.6 Å². The van der Waals surface area contributed by atoms with Gasteiger partial charge in [-0.3, -0.25) is 0 Å². The van der Waals surface area contributed by atoms with E-state index in [1.165, 1.54) is 0 Å². The predicted octanol–water partition coefficient (Wildman–Crippen LogP) is 3.03. The summed E-state index contributed by atoms with van der Waals surface area (Å²) >= 11 is 1.67. The molecule has 98 valence electrons. The molecule has 0 saturated heterocycles. The van der Waals surface area contributed by atoms with Gasteiger partial charge >= 0.3 is 0 Å². The topological polar surface area (TPSA) is 60.2 Å². The minimum atomic E-state index is 0.790. The number of anilines is 2. The maximum Gasteiger partial charge on any atom is 0.0907 e. The number of nitrogens with two attached hydrogens (primary N) is 1. The Bertz CT molecular complexity index is 524. The molecular formula is C13H19N3OS. The van der Waals surface area contributed by atoms with Crippen molar-refractivity contribution in [2.24, 2.45) is 0 Å². The van der Waals surface area contributed by atoms with Crippen molar-refractivity contribution in [2.45, 2.75) is 19.8 Å². The molecule has 4 nitrogen and oxygen atoms in total. The van der Waals surface area contributed by atoms with E-state index < -0.39 is 0 Å². The summed E-state index contributed by atoms with van der Waals surface area (Å²) in [5.41, 5.74) is 8.81. The van der Waals surface area contributed by atoms with Crippen molar-refractivity contribution in [3.05, 3.63) is 17.1 Å². The molecule has 0 spiro atoms. The zero-order valence-corrected chi connectivity index (χ0v) is 11.6. The van der Waals surface area contributed by atoms with Crippen LogP contribution in [-0.4, -0.2) is 25.2 Å². The summed E-state index contributed by atoms with van der Waals surface area (Å²) in [4.78, 5) is 4.48. The summed E-state index contributed by atoms with van der Waals surface area (Å²) in [5, 5.41) is 4.43. The van der Waals surface area contributed by atoms with Gasteiger partial charge in [-0.15, -0.1) is 11.3 Å². The maximum atomic E-state index is 6.03. The highest BCUT2D eigenvalue weighted by Gasteiger charge is 2.05. The first-order valence-corrected chi connectivity index (χ1v) is 6.92. The van der Waals surface area contributed by atoms with Crippen molar-refractivity contribution in [3.63, 3.8) is 0 Å². The van der Waals surface area contributed by atoms with Crippen LogP contribution in [-0.2, 0) is 4.74 Å². The molecule has 0 bridgehead atoms. The number of nitrogen functional groups attached to an aromatic ring is 1. The van der Waals surface area contributed by atoms with E-state index in [-0.39, 0.29) is 0 Å². The average Bonchev–Trinajstić information content (AvgIpc) is 2.68. The van der Waals surface area contributed by atoms with E-state index >= 15 is 0 Å². The monoisotopic (exact) mass is 265 g/mol. The van der Waals surface area contributed by atoms with E-state index in [0.29, 0.717) is 0 Å². The molecule has 0 aliphatic carbocycles. The van der Waals surface area contributed by atoms with Gasteiger partial charge in [0.1, 0.15) is 0 Å². The zero-order chi connectivity index (χ0) is 13.0. The summed E-state index contributed by atoms with van der Waals surface area (Å²) in [5.74, 6) is 0. The van der Waals surface area contributed by atoms with Crippen LogP contribution in [0.1, 0.15) is 17.8 Å². The van der Waals surface area contributed by atoms with E-state index in [1.807, 2.05) is 19.1 Å². The lowest BCUT2D eigenvalue weighted by atomic mass is 10.2. The molecule has 0 radical (unpaired) electrons. The standard InChI is InChI=1S/C13H19N3OS/c1-9-16-12-8-11(10(14)7-13(12)18-9)15-5-3-4-6-17-2/h7-8,15H,3-6,14H2,1-2H3. The van der Waals surface area contributed by atoms with Gasteiger partial charge in [-0.1, -0.05) is 0 Å². The molecule has 3 N–H and O–H groups in total. The molecule has 0 saturated carbocycles. The van der Waals surface area contributed by atoms with E-state index in [1.54, 1.807) is 18.4 Å². The van der Waals surface area contributed by atoms with Gasteiger partial charge in [0.25, 0.3) is 0 Å². The summed E-state index contributed by atoms with van der Waals surface area (Å²) in [7, 11) is 1.73. The van der Waals surface area contributed by atoms with Crippen LogP contribution in [0, 0.1) is 6.92 Å². The normalized spacial score (nSPS) is 11.0. The fourth-order valence-corrected chi connectivity index (χ4v) is 2.71. The molecule has 2 rings (SSSR count). The van der Waals surface area contributed by atoms with Crippen LogP contribution in [0.5, 0.6) is 0 Å². The third kappa shape index (κ3) is 3.11. The molecular weight excluding hydrogens is 246 g/mol. The Labute approximate surface area is 111 Å². The Morgan fingerprint density at radius 1 is 1.39 bits per heavy atom. The SMILES string of the molecule is COCCCCNc1cc2nc(C)sc2cc1N. The number of nitrogens with one attached hydrogen (secondary N) is 1. The number of hydrogen-bond donors (Lipinski definition) is 2. The fraction of sp³-hybridized carbons (Fsp3) is 0.462. The van der Waals surface area contributed by atoms with Gasteiger partial charge < -0.3 is 15.8 Å². The van der Waals surface area contributed by atoms with Crippen molar-refractivity contribution in [1.29, 1.82) is 0 Å². The van der Waals surface area contributed by atoms with E-state index in [0.717, 1.165) is 52.6 Å². The summed E-state index contributed by atoms with van der Waals surface area (Å²) in [6.07, 6.45) is 2.13. The number of aromatic nitrogens is 1. The number of methoxy groups -OCH3 is 1. The number of ether oxygens (including phenoxy) is 1. The fourth-order valence-electron chi connectivity index (χ4n) is 1.85. The molecule has 1 aromatic heterocycles. The highest BCUT2D eigenvalue weighted by molar-refractivity contribution is 7.18. The number of fused-ring (bicyclic) bond motifs is 1. The van der Waals surface area contributed by atoms with Crippen LogP contribution in [0.4, 0.5) is 11.4 Å². The number of thiazole rings is 1. The second-order valence-electron chi connectivity index (χ2n) is 4.27. The molecule has 1 heterocycles. The molecule has 0 amide bonds. The van der Waals surface area contributed by atoms with Crippen LogP contribution in [0.3, 0.4) is 0 Å². The summed E-state index contributed by atoms with van der Waals surface area (Å²) in [6.45, 7) is 3.72.